The number of nitrogens with one attached hydrogen (secondary N) is 1. The Hall–Kier alpha value is -1.47. The van der Waals surface area contributed by atoms with Crippen LogP contribution in [0.5, 0.6) is 0 Å². The van der Waals surface area contributed by atoms with E-state index in [1.54, 1.807) is 9.80 Å². The molecule has 0 radical (unpaired) electrons. The van der Waals surface area contributed by atoms with Crippen molar-refractivity contribution in [1.82, 2.24) is 15.1 Å². The summed E-state index contributed by atoms with van der Waals surface area (Å²) < 4.78 is 39.6. The van der Waals surface area contributed by atoms with Gasteiger partial charge in [0, 0.05) is 38.1 Å². The van der Waals surface area contributed by atoms with Gasteiger partial charge in [-0.15, -0.1) is 0 Å². The molecule has 3 rings (SSSR count). The van der Waals surface area contributed by atoms with Gasteiger partial charge in [0.05, 0.1) is 5.92 Å². The number of carbonyl (C=O) groups is 2. The molecule has 5 nitrogen and oxygen atoms in total. The second kappa shape index (κ2) is 6.80. The average Bonchev–Trinajstić information content (AvgIpc) is 2.99. The van der Waals surface area contributed by atoms with Crippen molar-refractivity contribution in [3.63, 3.8) is 0 Å². The molecule has 0 aromatic carbocycles. The van der Waals surface area contributed by atoms with Gasteiger partial charge in [-0.25, -0.2) is 4.79 Å². The summed E-state index contributed by atoms with van der Waals surface area (Å²) in [7, 11) is 0. The minimum atomic E-state index is -4.30. The monoisotopic (exact) mass is 347 g/mol. The van der Waals surface area contributed by atoms with E-state index in [4.69, 9.17) is 0 Å². The van der Waals surface area contributed by atoms with E-state index in [2.05, 4.69) is 5.32 Å². The van der Waals surface area contributed by atoms with Crippen LogP contribution in [-0.4, -0.2) is 60.1 Å². The topological polar surface area (TPSA) is 52.7 Å². The second-order valence-electron chi connectivity index (χ2n) is 7.02. The highest BCUT2D eigenvalue weighted by Gasteiger charge is 2.49. The third-order valence-electron chi connectivity index (χ3n) is 5.61. The number of piperidine rings is 1. The Kier molecular flexibility index (Phi) is 4.92. The highest BCUT2D eigenvalue weighted by atomic mass is 19.4. The SMILES string of the molecule is O=C([C@@H]1CCCC[C@@H]1C(F)(F)F)N1CCC(N2CCNC2=O)CC1. The molecule has 136 valence electrons. The predicted octanol–water partition coefficient (Wildman–Crippen LogP) is 2.37. The Morgan fingerprint density at radius 2 is 1.71 bits per heavy atom. The summed E-state index contributed by atoms with van der Waals surface area (Å²) in [6, 6.07) is 0.00510. The van der Waals surface area contributed by atoms with Gasteiger partial charge in [0.25, 0.3) is 0 Å². The largest absolute Gasteiger partial charge is 0.392 e. The van der Waals surface area contributed by atoms with Crippen LogP contribution in [0.1, 0.15) is 38.5 Å². The number of alkyl halides is 3. The van der Waals surface area contributed by atoms with E-state index in [0.29, 0.717) is 58.3 Å². The van der Waals surface area contributed by atoms with Crippen LogP contribution in [0.4, 0.5) is 18.0 Å². The van der Waals surface area contributed by atoms with Gasteiger partial charge < -0.3 is 15.1 Å². The van der Waals surface area contributed by atoms with Gasteiger partial charge in [-0.1, -0.05) is 12.8 Å². The number of amides is 3. The van der Waals surface area contributed by atoms with Crippen molar-refractivity contribution in [2.24, 2.45) is 11.8 Å². The van der Waals surface area contributed by atoms with Crippen molar-refractivity contribution in [2.75, 3.05) is 26.2 Å². The molecule has 2 saturated heterocycles. The summed E-state index contributed by atoms with van der Waals surface area (Å²) in [6.07, 6.45) is -1.40. The zero-order valence-corrected chi connectivity index (χ0v) is 13.6. The maximum atomic E-state index is 13.2. The highest BCUT2D eigenvalue weighted by Crippen LogP contribution is 2.42. The van der Waals surface area contributed by atoms with Crippen molar-refractivity contribution in [2.45, 2.75) is 50.7 Å². The first-order valence-electron chi connectivity index (χ1n) is 8.78. The number of urea groups is 1. The average molecular weight is 347 g/mol. The minimum Gasteiger partial charge on any atom is -0.342 e. The quantitative estimate of drug-likeness (QED) is 0.834. The molecule has 2 aliphatic heterocycles. The van der Waals surface area contributed by atoms with Crippen molar-refractivity contribution < 1.29 is 22.8 Å². The zero-order chi connectivity index (χ0) is 17.3. The molecule has 1 N–H and O–H groups in total. The molecule has 0 aromatic heterocycles. The van der Waals surface area contributed by atoms with Crippen LogP contribution in [0.25, 0.3) is 0 Å². The van der Waals surface area contributed by atoms with Crippen LogP contribution < -0.4 is 5.32 Å². The highest BCUT2D eigenvalue weighted by molar-refractivity contribution is 5.80. The lowest BCUT2D eigenvalue weighted by Gasteiger charge is -2.40. The lowest BCUT2D eigenvalue weighted by Crippen LogP contribution is -2.51. The normalized spacial score (nSPS) is 29.7. The molecule has 1 aliphatic carbocycles. The van der Waals surface area contributed by atoms with Gasteiger partial charge in [-0.2, -0.15) is 13.2 Å². The predicted molar refractivity (Wildman–Crippen MR) is 81.2 cm³/mol. The van der Waals surface area contributed by atoms with Gasteiger partial charge in [0.1, 0.15) is 0 Å². The molecule has 24 heavy (non-hydrogen) atoms. The number of hydrogen-bond donors (Lipinski definition) is 1. The Labute approximate surface area is 139 Å². The summed E-state index contributed by atoms with van der Waals surface area (Å²) in [5.74, 6) is -2.77. The minimum absolute atomic E-state index is 0.0598. The molecule has 2 atom stereocenters. The van der Waals surface area contributed by atoms with Crippen LogP contribution in [0, 0.1) is 11.8 Å². The van der Waals surface area contributed by atoms with Crippen LogP contribution in [0.2, 0.25) is 0 Å². The number of carbonyl (C=O) groups excluding carboxylic acids is 2. The molecular weight excluding hydrogens is 323 g/mol. The van der Waals surface area contributed by atoms with Crippen LogP contribution in [-0.2, 0) is 4.79 Å². The van der Waals surface area contributed by atoms with Gasteiger partial charge in [-0.05, 0) is 25.7 Å². The molecule has 3 fully saturated rings. The van der Waals surface area contributed by atoms with E-state index in [0.717, 1.165) is 0 Å². The molecular formula is C16H24F3N3O2. The van der Waals surface area contributed by atoms with Crippen molar-refractivity contribution >= 4 is 11.9 Å². The Balaban J connectivity index is 1.59. The van der Waals surface area contributed by atoms with Crippen molar-refractivity contribution in [3.8, 4) is 0 Å². The Bertz CT molecular complexity index is 489. The number of halogens is 3. The maximum absolute atomic E-state index is 13.2. The van der Waals surface area contributed by atoms with Gasteiger partial charge in [0.2, 0.25) is 5.91 Å². The molecule has 0 unspecified atom stereocenters. The molecule has 2 heterocycles. The number of nitrogens with zero attached hydrogens (tertiary/aromatic N) is 2. The molecule has 8 heteroatoms. The molecule has 3 amide bonds. The summed E-state index contributed by atoms with van der Waals surface area (Å²) in [5.41, 5.74) is 0. The fourth-order valence-corrected chi connectivity index (χ4v) is 4.29. The van der Waals surface area contributed by atoms with E-state index in [1.165, 1.54) is 0 Å². The van der Waals surface area contributed by atoms with Crippen LogP contribution >= 0.6 is 0 Å². The fraction of sp³-hybridized carbons (Fsp3) is 0.875. The third-order valence-corrected chi connectivity index (χ3v) is 5.61. The number of hydrogen-bond acceptors (Lipinski definition) is 2. The zero-order valence-electron chi connectivity index (χ0n) is 13.6. The molecule has 1 saturated carbocycles. The fourth-order valence-electron chi connectivity index (χ4n) is 4.29. The van der Waals surface area contributed by atoms with Crippen LogP contribution in [0.15, 0.2) is 0 Å². The van der Waals surface area contributed by atoms with E-state index >= 15 is 0 Å². The lowest BCUT2D eigenvalue weighted by atomic mass is 9.77. The first kappa shape index (κ1) is 17.4. The van der Waals surface area contributed by atoms with E-state index in [9.17, 15) is 22.8 Å². The van der Waals surface area contributed by atoms with Crippen LogP contribution in [0.3, 0.4) is 0 Å². The standard InChI is InChI=1S/C16H24F3N3O2/c17-16(18,19)13-4-2-1-3-12(13)14(23)21-8-5-11(6-9-21)22-10-7-20-15(22)24/h11-13H,1-10H2,(H,20,24)/t12-,13+/m1/s1. The molecule has 3 aliphatic rings. The van der Waals surface area contributed by atoms with Gasteiger partial charge in [0.15, 0.2) is 0 Å². The molecule has 0 bridgehead atoms. The van der Waals surface area contributed by atoms with Gasteiger partial charge >= 0.3 is 12.2 Å². The smallest absolute Gasteiger partial charge is 0.342 e. The maximum Gasteiger partial charge on any atom is 0.392 e. The number of likely N-dealkylation sites (tertiary alicyclic amines) is 1. The first-order chi connectivity index (χ1) is 11.4. The number of rotatable bonds is 2. The lowest BCUT2D eigenvalue weighted by molar-refractivity contribution is -0.201. The van der Waals surface area contributed by atoms with Gasteiger partial charge in [-0.3, -0.25) is 4.79 Å². The first-order valence-corrected chi connectivity index (χ1v) is 8.78. The summed E-state index contributed by atoms with van der Waals surface area (Å²) in [5, 5.41) is 2.76. The van der Waals surface area contributed by atoms with E-state index < -0.39 is 18.0 Å². The second-order valence-corrected chi connectivity index (χ2v) is 7.02. The summed E-state index contributed by atoms with van der Waals surface area (Å²) in [4.78, 5) is 27.7. The molecule has 0 spiro atoms. The molecule has 0 aromatic rings. The van der Waals surface area contributed by atoms with Crippen molar-refractivity contribution in [3.05, 3.63) is 0 Å². The Morgan fingerprint density at radius 1 is 1.04 bits per heavy atom. The third kappa shape index (κ3) is 3.47. The van der Waals surface area contributed by atoms with Crippen molar-refractivity contribution in [1.29, 1.82) is 0 Å². The summed E-state index contributed by atoms with van der Waals surface area (Å²) >= 11 is 0. The Morgan fingerprint density at radius 3 is 2.29 bits per heavy atom. The van der Waals surface area contributed by atoms with E-state index in [1.807, 2.05) is 0 Å². The van der Waals surface area contributed by atoms with E-state index in [-0.39, 0.29) is 24.4 Å². The summed E-state index contributed by atoms with van der Waals surface area (Å²) in [6.45, 7) is 2.17.